The van der Waals surface area contributed by atoms with Crippen molar-refractivity contribution in [3.63, 3.8) is 0 Å². The van der Waals surface area contributed by atoms with Gasteiger partial charge in [-0.15, -0.1) is 0 Å². The van der Waals surface area contributed by atoms with Crippen LogP contribution in [0.2, 0.25) is 0 Å². The number of hydrogen-bond donors (Lipinski definition) is 1. The molecule has 0 amide bonds. The van der Waals surface area contributed by atoms with Gasteiger partial charge in [-0.2, -0.15) is 0 Å². The normalized spacial score (nSPS) is 13.7. The summed E-state index contributed by atoms with van der Waals surface area (Å²) < 4.78 is 34.7. The van der Waals surface area contributed by atoms with Gasteiger partial charge in [-0.1, -0.05) is 297 Å². The molecule has 0 aliphatic carbocycles. The highest BCUT2D eigenvalue weighted by Gasteiger charge is 2.27. The summed E-state index contributed by atoms with van der Waals surface area (Å²) in [6.45, 7) is 4.32. The van der Waals surface area contributed by atoms with Crippen LogP contribution >= 0.6 is 7.82 Å². The van der Waals surface area contributed by atoms with E-state index in [2.05, 4.69) is 111 Å². The number of hydrogen-bond acceptors (Lipinski definition) is 7. The van der Waals surface area contributed by atoms with Crippen LogP contribution in [0.5, 0.6) is 0 Å². The number of nitrogens with zero attached hydrogens (tertiary/aromatic N) is 1. The highest BCUT2D eigenvalue weighted by molar-refractivity contribution is 7.47. The molecule has 2 atom stereocenters. The summed E-state index contributed by atoms with van der Waals surface area (Å²) in [6, 6.07) is 0. The van der Waals surface area contributed by atoms with Crippen LogP contribution in [0.15, 0.2) is 97.2 Å². The molecule has 0 spiro atoms. The van der Waals surface area contributed by atoms with E-state index in [1.54, 1.807) is 0 Å². The molecule has 0 aliphatic heterocycles. The number of likely N-dealkylation sites (N-methyl/N-ethyl adjacent to an activating group) is 1. The standard InChI is InChI=1S/C74H132NO8P/c1-6-8-10-12-14-16-18-20-22-24-26-28-29-30-31-32-33-34-35-36-37-38-39-40-41-42-43-44-45-47-49-51-53-55-57-59-61-63-65-67-74(77)83-72(71-82-84(78,79)81-69-68-75(3,4)5)70-80-73(76)66-64-62-60-58-56-54-52-50-48-46-27-25-23-21-19-17-15-13-11-9-7-2/h8,10,14,16,19-22,25-28,30-31,48,50,72H,6-7,9,11-13,15,17-18,23-24,29,32-47,49,51-71H2,1-5H3/p+1/b10-8-,16-14-,21-19-,22-20-,27-25-,28-26-,31-30-,50-48-. The quantitative estimate of drug-likeness (QED) is 0.0211. The number of unbranched alkanes of at least 4 members (excludes halogenated alkanes) is 34. The number of carbonyl (C=O) groups excluding carboxylic acids is 2. The molecule has 0 bridgehead atoms. The zero-order valence-electron chi connectivity index (χ0n) is 55.4. The first-order chi connectivity index (χ1) is 41.0. The van der Waals surface area contributed by atoms with E-state index >= 15 is 0 Å². The Balaban J connectivity index is 3.98. The highest BCUT2D eigenvalue weighted by Crippen LogP contribution is 2.43. The van der Waals surface area contributed by atoms with E-state index in [1.165, 1.54) is 186 Å². The van der Waals surface area contributed by atoms with Gasteiger partial charge in [0.1, 0.15) is 19.8 Å². The maximum Gasteiger partial charge on any atom is 0.472 e. The number of quaternary nitrogens is 1. The van der Waals surface area contributed by atoms with Crippen molar-refractivity contribution in [3.05, 3.63) is 97.2 Å². The molecule has 1 N–H and O–H groups in total. The highest BCUT2D eigenvalue weighted by atomic mass is 31.2. The Morgan fingerprint density at radius 1 is 0.381 bits per heavy atom. The number of allylic oxidation sites excluding steroid dienone is 16. The molecule has 2 unspecified atom stereocenters. The average molecular weight is 1200 g/mol. The number of phosphoric ester groups is 1. The van der Waals surface area contributed by atoms with Crippen molar-refractivity contribution in [3.8, 4) is 0 Å². The molecule has 9 nitrogen and oxygen atoms in total. The molecule has 0 aromatic carbocycles. The third kappa shape index (κ3) is 68.0. The Bertz CT molecular complexity index is 1740. The Labute approximate surface area is 519 Å². The van der Waals surface area contributed by atoms with Crippen molar-refractivity contribution >= 4 is 19.8 Å². The Kier molecular flexibility index (Phi) is 62.1. The summed E-state index contributed by atoms with van der Waals surface area (Å²) in [7, 11) is 1.47. The van der Waals surface area contributed by atoms with E-state index in [1.807, 2.05) is 21.1 Å². The number of carbonyl (C=O) groups is 2. The second-order valence-corrected chi connectivity index (χ2v) is 26.0. The third-order valence-corrected chi connectivity index (χ3v) is 16.1. The Morgan fingerprint density at radius 3 is 1.01 bits per heavy atom. The fraction of sp³-hybridized carbons (Fsp3) is 0.757. The van der Waals surface area contributed by atoms with Crippen LogP contribution in [0.1, 0.15) is 309 Å². The van der Waals surface area contributed by atoms with Gasteiger partial charge >= 0.3 is 19.8 Å². The van der Waals surface area contributed by atoms with Crippen molar-refractivity contribution < 1.29 is 42.1 Å². The summed E-state index contributed by atoms with van der Waals surface area (Å²) >= 11 is 0. The van der Waals surface area contributed by atoms with Crippen molar-refractivity contribution in [2.75, 3.05) is 47.5 Å². The topological polar surface area (TPSA) is 108 Å². The van der Waals surface area contributed by atoms with Crippen LogP contribution in [0.4, 0.5) is 0 Å². The van der Waals surface area contributed by atoms with Crippen LogP contribution in [-0.4, -0.2) is 74.9 Å². The lowest BCUT2D eigenvalue weighted by Gasteiger charge is -2.24. The van der Waals surface area contributed by atoms with Crippen molar-refractivity contribution in [2.24, 2.45) is 0 Å². The van der Waals surface area contributed by atoms with Gasteiger partial charge in [0.25, 0.3) is 0 Å². The molecular formula is C74H133NO8P+. The van der Waals surface area contributed by atoms with Crippen LogP contribution in [0.25, 0.3) is 0 Å². The number of rotatable bonds is 64. The van der Waals surface area contributed by atoms with Gasteiger partial charge in [-0.3, -0.25) is 18.6 Å². The lowest BCUT2D eigenvalue weighted by molar-refractivity contribution is -0.870. The van der Waals surface area contributed by atoms with Gasteiger partial charge in [-0.25, -0.2) is 4.57 Å². The molecular weight excluding hydrogens is 1060 g/mol. The molecule has 0 fully saturated rings. The van der Waals surface area contributed by atoms with E-state index in [9.17, 15) is 19.0 Å². The van der Waals surface area contributed by atoms with Crippen LogP contribution in [0.3, 0.4) is 0 Å². The Morgan fingerprint density at radius 2 is 0.679 bits per heavy atom. The minimum Gasteiger partial charge on any atom is -0.462 e. The smallest absolute Gasteiger partial charge is 0.462 e. The first kappa shape index (κ1) is 80.9. The second kappa shape index (κ2) is 64.4. The van der Waals surface area contributed by atoms with Gasteiger partial charge in [-0.05, 0) is 96.3 Å². The predicted octanol–water partition coefficient (Wildman–Crippen LogP) is 22.7. The molecule has 0 heterocycles. The Hall–Kier alpha value is -3.07. The van der Waals surface area contributed by atoms with Gasteiger partial charge in [0.15, 0.2) is 6.10 Å². The molecule has 486 valence electrons. The van der Waals surface area contributed by atoms with Crippen molar-refractivity contribution in [1.29, 1.82) is 0 Å². The van der Waals surface area contributed by atoms with E-state index in [-0.39, 0.29) is 32.0 Å². The fourth-order valence-corrected chi connectivity index (χ4v) is 10.5. The molecule has 0 saturated carbocycles. The molecule has 84 heavy (non-hydrogen) atoms. The van der Waals surface area contributed by atoms with E-state index < -0.39 is 26.5 Å². The second-order valence-electron chi connectivity index (χ2n) is 24.5. The van der Waals surface area contributed by atoms with E-state index in [0.717, 1.165) is 89.9 Å². The predicted molar refractivity (Wildman–Crippen MR) is 362 cm³/mol. The zero-order chi connectivity index (χ0) is 61.2. The van der Waals surface area contributed by atoms with Crippen LogP contribution in [-0.2, 0) is 32.7 Å². The number of esters is 2. The van der Waals surface area contributed by atoms with Gasteiger partial charge in [0.2, 0.25) is 0 Å². The molecule has 0 rings (SSSR count). The fourth-order valence-electron chi connectivity index (χ4n) is 9.76. The zero-order valence-corrected chi connectivity index (χ0v) is 56.3. The number of phosphoric acid groups is 1. The minimum absolute atomic E-state index is 0.0278. The number of ether oxygens (including phenoxy) is 2. The molecule has 0 aromatic rings. The largest absolute Gasteiger partial charge is 0.472 e. The third-order valence-electron chi connectivity index (χ3n) is 15.1. The summed E-state index contributed by atoms with van der Waals surface area (Å²) in [5.41, 5.74) is 0. The molecule has 10 heteroatoms. The van der Waals surface area contributed by atoms with Gasteiger partial charge in [0.05, 0.1) is 27.7 Å². The average Bonchev–Trinajstić information content (AvgIpc) is 3.61. The van der Waals surface area contributed by atoms with Crippen molar-refractivity contribution in [2.45, 2.75) is 315 Å². The molecule has 0 saturated heterocycles. The van der Waals surface area contributed by atoms with Crippen molar-refractivity contribution in [1.82, 2.24) is 0 Å². The summed E-state index contributed by atoms with van der Waals surface area (Å²) in [6.07, 6.45) is 89.5. The summed E-state index contributed by atoms with van der Waals surface area (Å²) in [5, 5.41) is 0. The summed E-state index contributed by atoms with van der Waals surface area (Å²) in [4.78, 5) is 35.8. The minimum atomic E-state index is -4.40. The lowest BCUT2D eigenvalue weighted by Crippen LogP contribution is -2.37. The van der Waals surface area contributed by atoms with E-state index in [0.29, 0.717) is 17.4 Å². The monoisotopic (exact) mass is 1190 g/mol. The van der Waals surface area contributed by atoms with E-state index in [4.69, 9.17) is 18.5 Å². The van der Waals surface area contributed by atoms with Crippen LogP contribution < -0.4 is 0 Å². The molecule has 0 aliphatic rings. The SMILES string of the molecule is CC/C=C\C/C=C\C/C=C\C/C=C\C/C=C\CCCCCCCCCCCCCCCCCCCCCCCCCC(=O)OC(COC(=O)CCCCCCCC/C=C\C/C=C\C/C=C\CCCCCCC)COP(=O)(O)OCC[N+](C)(C)C. The maximum absolute atomic E-state index is 12.9. The van der Waals surface area contributed by atoms with Crippen LogP contribution in [0, 0.1) is 0 Å². The summed E-state index contributed by atoms with van der Waals surface area (Å²) in [5.74, 6) is -0.803. The lowest BCUT2D eigenvalue weighted by atomic mass is 10.0. The molecule has 0 aromatic heterocycles. The van der Waals surface area contributed by atoms with Gasteiger partial charge < -0.3 is 18.9 Å². The first-order valence-electron chi connectivity index (χ1n) is 35.0. The molecule has 0 radical (unpaired) electrons. The first-order valence-corrected chi connectivity index (χ1v) is 36.5. The maximum atomic E-state index is 12.9. The van der Waals surface area contributed by atoms with Gasteiger partial charge in [0, 0.05) is 12.8 Å².